The quantitative estimate of drug-likeness (QED) is 0.680. The lowest BCUT2D eigenvalue weighted by molar-refractivity contribution is -0.274. The molecule has 9 heteroatoms. The predicted molar refractivity (Wildman–Crippen MR) is 106 cm³/mol. The van der Waals surface area contributed by atoms with Gasteiger partial charge in [-0.1, -0.05) is 26.0 Å². The molecule has 1 atom stereocenters. The number of aliphatic hydroxyl groups excluding tert-OH is 1. The van der Waals surface area contributed by atoms with Gasteiger partial charge in [-0.25, -0.2) is 0 Å². The van der Waals surface area contributed by atoms with Crippen LogP contribution < -0.4 is 9.64 Å². The summed E-state index contributed by atoms with van der Waals surface area (Å²) in [4.78, 5) is 26.9. The fourth-order valence-electron chi connectivity index (χ4n) is 3.42. The molecule has 0 spiro atoms. The highest BCUT2D eigenvalue weighted by Crippen LogP contribution is 2.42. The summed E-state index contributed by atoms with van der Waals surface area (Å²) < 4.78 is 41.1. The zero-order chi connectivity index (χ0) is 22.9. The van der Waals surface area contributed by atoms with E-state index < -0.39 is 35.6 Å². The van der Waals surface area contributed by atoms with Gasteiger partial charge >= 0.3 is 6.36 Å². The summed E-state index contributed by atoms with van der Waals surface area (Å²) in [5.74, 6) is -2.52. The van der Waals surface area contributed by atoms with Crippen molar-refractivity contribution < 1.29 is 37.7 Å². The number of aliphatic hydroxyl groups is 1. The van der Waals surface area contributed by atoms with E-state index in [4.69, 9.17) is 0 Å². The highest BCUT2D eigenvalue weighted by molar-refractivity contribution is 6.16. The minimum Gasteiger partial charge on any atom is -0.508 e. The van der Waals surface area contributed by atoms with Gasteiger partial charge in [-0.2, -0.15) is 0 Å². The van der Waals surface area contributed by atoms with Crippen molar-refractivity contribution in [2.75, 3.05) is 4.90 Å². The van der Waals surface area contributed by atoms with Crippen molar-refractivity contribution in [1.29, 1.82) is 0 Å². The van der Waals surface area contributed by atoms with E-state index in [9.17, 15) is 33.0 Å². The molecule has 31 heavy (non-hydrogen) atoms. The maximum absolute atomic E-state index is 12.9. The molecule has 1 heterocycles. The minimum absolute atomic E-state index is 0.0310. The van der Waals surface area contributed by atoms with E-state index in [0.717, 1.165) is 17.0 Å². The number of carbonyl (C=O) groups is 2. The van der Waals surface area contributed by atoms with Crippen molar-refractivity contribution in [2.45, 2.75) is 32.7 Å². The number of anilines is 1. The molecule has 2 aromatic rings. The van der Waals surface area contributed by atoms with E-state index in [0.29, 0.717) is 5.56 Å². The molecule has 0 aromatic heterocycles. The topological polar surface area (TPSA) is 87.1 Å². The van der Waals surface area contributed by atoms with Crippen LogP contribution in [0.3, 0.4) is 0 Å². The summed E-state index contributed by atoms with van der Waals surface area (Å²) >= 11 is 0. The van der Waals surface area contributed by atoms with Crippen molar-refractivity contribution in [2.24, 2.45) is 5.92 Å². The first kappa shape index (κ1) is 22.2. The van der Waals surface area contributed by atoms with E-state index in [1.54, 1.807) is 0 Å². The molecule has 2 aromatic carbocycles. The molecule has 0 saturated heterocycles. The van der Waals surface area contributed by atoms with Crippen LogP contribution in [-0.4, -0.2) is 28.3 Å². The number of phenolic OH excluding ortho intramolecular Hbond substituents is 1. The lowest BCUT2D eigenvalue weighted by Gasteiger charge is -2.27. The minimum atomic E-state index is -4.87. The second-order valence-electron chi connectivity index (χ2n) is 7.49. The Hall–Kier alpha value is -3.49. The number of hydrogen-bond acceptors (Lipinski definition) is 5. The summed E-state index contributed by atoms with van der Waals surface area (Å²) in [5.41, 5.74) is 0.509. The van der Waals surface area contributed by atoms with Gasteiger partial charge in [0.2, 0.25) is 0 Å². The SMILES string of the molecule is CC(C)CC(=O)C1=C(O)C(=O)N(c2ccc(OC(F)(F)F)cc2)C1c1ccc(O)cc1. The monoisotopic (exact) mass is 435 g/mol. The number of amides is 1. The molecule has 0 saturated carbocycles. The number of nitrogens with zero attached hydrogens (tertiary/aromatic N) is 1. The van der Waals surface area contributed by atoms with Crippen LogP contribution in [0.15, 0.2) is 59.9 Å². The van der Waals surface area contributed by atoms with Crippen LogP contribution in [0.5, 0.6) is 11.5 Å². The van der Waals surface area contributed by atoms with Crippen molar-refractivity contribution in [3.63, 3.8) is 0 Å². The molecule has 0 bridgehead atoms. The Bertz CT molecular complexity index is 1010. The Kier molecular flexibility index (Phi) is 5.97. The number of benzene rings is 2. The van der Waals surface area contributed by atoms with E-state index in [1.807, 2.05) is 13.8 Å². The molecule has 0 radical (unpaired) electrons. The Labute approximate surface area is 176 Å². The lowest BCUT2D eigenvalue weighted by atomic mass is 9.92. The Morgan fingerprint density at radius 2 is 1.65 bits per heavy atom. The zero-order valence-electron chi connectivity index (χ0n) is 16.7. The third kappa shape index (κ3) is 4.82. The van der Waals surface area contributed by atoms with Gasteiger partial charge < -0.3 is 14.9 Å². The molecule has 1 amide bonds. The number of Topliss-reactive ketones (excluding diaryl/α,β-unsaturated/α-hetero) is 1. The number of phenols is 1. The van der Waals surface area contributed by atoms with E-state index >= 15 is 0 Å². The van der Waals surface area contributed by atoms with Crippen LogP contribution in [0.2, 0.25) is 0 Å². The number of aromatic hydroxyl groups is 1. The summed E-state index contributed by atoms with van der Waals surface area (Å²) in [6.45, 7) is 3.64. The number of halogens is 3. The Morgan fingerprint density at radius 1 is 1.06 bits per heavy atom. The maximum Gasteiger partial charge on any atom is 0.573 e. The van der Waals surface area contributed by atoms with Crippen LogP contribution in [0.4, 0.5) is 18.9 Å². The van der Waals surface area contributed by atoms with Gasteiger partial charge in [-0.15, -0.1) is 13.2 Å². The van der Waals surface area contributed by atoms with Crippen molar-refractivity contribution in [3.8, 4) is 11.5 Å². The van der Waals surface area contributed by atoms with Crippen molar-refractivity contribution in [3.05, 3.63) is 65.4 Å². The van der Waals surface area contributed by atoms with Crippen LogP contribution in [0.25, 0.3) is 0 Å². The van der Waals surface area contributed by atoms with Gasteiger partial charge in [0, 0.05) is 12.1 Å². The summed E-state index contributed by atoms with van der Waals surface area (Å²) in [7, 11) is 0. The molecule has 0 fully saturated rings. The van der Waals surface area contributed by atoms with E-state index in [1.165, 1.54) is 36.4 Å². The molecular weight excluding hydrogens is 415 g/mol. The van der Waals surface area contributed by atoms with Gasteiger partial charge in [0.15, 0.2) is 11.5 Å². The number of carbonyl (C=O) groups excluding carboxylic acids is 2. The molecule has 6 nitrogen and oxygen atoms in total. The van der Waals surface area contributed by atoms with Gasteiger partial charge in [0.05, 0.1) is 11.6 Å². The maximum atomic E-state index is 12.9. The van der Waals surface area contributed by atoms with Gasteiger partial charge in [-0.3, -0.25) is 14.5 Å². The molecule has 1 aliphatic heterocycles. The third-order valence-electron chi connectivity index (χ3n) is 4.66. The molecule has 2 N–H and O–H groups in total. The van der Waals surface area contributed by atoms with Gasteiger partial charge in [0.25, 0.3) is 5.91 Å². The normalized spacial score (nSPS) is 16.9. The fraction of sp³-hybridized carbons (Fsp3) is 0.273. The van der Waals surface area contributed by atoms with Gasteiger partial charge in [0.1, 0.15) is 11.5 Å². The predicted octanol–water partition coefficient (Wildman–Crippen LogP) is 4.81. The second-order valence-corrected chi connectivity index (χ2v) is 7.49. The highest BCUT2D eigenvalue weighted by atomic mass is 19.4. The first-order valence-corrected chi connectivity index (χ1v) is 9.42. The summed E-state index contributed by atoms with van der Waals surface area (Å²) in [6.07, 6.45) is -4.77. The van der Waals surface area contributed by atoms with Crippen LogP contribution in [-0.2, 0) is 9.59 Å². The second kappa shape index (κ2) is 8.33. The third-order valence-corrected chi connectivity index (χ3v) is 4.66. The first-order chi connectivity index (χ1) is 14.5. The van der Waals surface area contributed by atoms with Gasteiger partial charge in [-0.05, 0) is 47.9 Å². The smallest absolute Gasteiger partial charge is 0.508 e. The number of ketones is 1. The number of rotatable bonds is 6. The first-order valence-electron chi connectivity index (χ1n) is 9.42. The zero-order valence-corrected chi connectivity index (χ0v) is 16.7. The Morgan fingerprint density at radius 3 is 2.16 bits per heavy atom. The van der Waals surface area contributed by atoms with Crippen LogP contribution in [0.1, 0.15) is 31.9 Å². The van der Waals surface area contributed by atoms with Crippen LogP contribution >= 0.6 is 0 Å². The largest absolute Gasteiger partial charge is 0.573 e. The number of alkyl halides is 3. The number of ether oxygens (including phenoxy) is 1. The van der Waals surface area contributed by atoms with Crippen molar-refractivity contribution >= 4 is 17.4 Å². The fourth-order valence-corrected chi connectivity index (χ4v) is 3.42. The number of hydrogen-bond donors (Lipinski definition) is 2. The average molecular weight is 435 g/mol. The van der Waals surface area contributed by atoms with E-state index in [-0.39, 0.29) is 29.3 Å². The molecule has 0 aliphatic carbocycles. The van der Waals surface area contributed by atoms with E-state index in [2.05, 4.69) is 4.74 Å². The summed E-state index contributed by atoms with van der Waals surface area (Å²) in [5, 5.41) is 20.1. The molecule has 164 valence electrons. The molecular formula is C22H20F3NO5. The standard InChI is InChI=1S/C22H20F3NO5/c1-12(2)11-17(28)18-19(13-3-7-15(27)8-4-13)26(21(30)20(18)29)14-5-9-16(10-6-14)31-22(23,24)25/h3-10,12,19,27,29H,11H2,1-2H3. The molecule has 1 unspecified atom stereocenters. The van der Waals surface area contributed by atoms with Crippen molar-refractivity contribution in [1.82, 2.24) is 0 Å². The molecule has 1 aliphatic rings. The lowest BCUT2D eigenvalue weighted by Crippen LogP contribution is -2.31. The Balaban J connectivity index is 2.05. The molecule has 3 rings (SSSR count). The average Bonchev–Trinajstić information content (AvgIpc) is 2.92. The summed E-state index contributed by atoms with van der Waals surface area (Å²) in [6, 6.07) is 9.28. The highest BCUT2D eigenvalue weighted by Gasteiger charge is 2.44. The van der Waals surface area contributed by atoms with Crippen LogP contribution in [0, 0.1) is 5.92 Å².